The van der Waals surface area contributed by atoms with Crippen LogP contribution in [0.2, 0.25) is 10.0 Å². The molecule has 1 heterocycles. The zero-order valence-corrected chi connectivity index (χ0v) is 13.9. The Morgan fingerprint density at radius 1 is 1.29 bits per heavy atom. The van der Waals surface area contributed by atoms with Crippen molar-refractivity contribution in [2.45, 2.75) is 12.8 Å². The summed E-state index contributed by atoms with van der Waals surface area (Å²) < 4.78 is 5.41. The summed E-state index contributed by atoms with van der Waals surface area (Å²) in [6.45, 7) is 0. The molecule has 2 aliphatic rings. The van der Waals surface area contributed by atoms with Gasteiger partial charge in [0, 0.05) is 11.8 Å². The van der Waals surface area contributed by atoms with Gasteiger partial charge in [-0.05, 0) is 31.1 Å². The van der Waals surface area contributed by atoms with Crippen LogP contribution in [0.1, 0.15) is 23.2 Å². The Balaban J connectivity index is 1.87. The first kappa shape index (κ1) is 16.6. The normalized spacial score (nSPS) is 19.9. The molecule has 24 heavy (non-hydrogen) atoms. The number of amides is 1. The van der Waals surface area contributed by atoms with Crippen molar-refractivity contribution in [2.24, 2.45) is 5.92 Å². The monoisotopic (exact) mass is 365 g/mol. The summed E-state index contributed by atoms with van der Waals surface area (Å²) in [7, 11) is 0. The van der Waals surface area contributed by atoms with E-state index in [0.29, 0.717) is 12.2 Å². The summed E-state index contributed by atoms with van der Waals surface area (Å²) in [6, 6.07) is 2.66. The van der Waals surface area contributed by atoms with E-state index in [1.807, 2.05) is 6.08 Å². The molecular weight excluding hydrogens is 353 g/mol. The molecule has 0 radical (unpaired) electrons. The first-order valence-electron chi connectivity index (χ1n) is 7.23. The van der Waals surface area contributed by atoms with Gasteiger partial charge in [0.2, 0.25) is 0 Å². The molecule has 7 heteroatoms. The quantitative estimate of drug-likeness (QED) is 0.859. The maximum atomic E-state index is 12.6. The van der Waals surface area contributed by atoms with Crippen molar-refractivity contribution in [1.82, 2.24) is 4.90 Å². The van der Waals surface area contributed by atoms with Crippen LogP contribution in [-0.2, 0) is 9.53 Å². The molecule has 0 aromatic heterocycles. The van der Waals surface area contributed by atoms with Crippen LogP contribution in [0.25, 0.3) is 0 Å². The zero-order valence-electron chi connectivity index (χ0n) is 12.4. The summed E-state index contributed by atoms with van der Waals surface area (Å²) >= 11 is 11.7. The van der Waals surface area contributed by atoms with Crippen LogP contribution < -0.4 is 0 Å². The van der Waals surface area contributed by atoms with E-state index in [9.17, 15) is 14.7 Å². The molecule has 1 aliphatic heterocycles. The van der Waals surface area contributed by atoms with Gasteiger partial charge in [-0.3, -0.25) is 14.5 Å². The number of halogens is 2. The third kappa shape index (κ3) is 3.18. The molecule has 1 aromatic carbocycles. The second-order valence-electron chi connectivity index (χ2n) is 5.37. The van der Waals surface area contributed by atoms with E-state index >= 15 is 0 Å². The molecule has 0 saturated heterocycles. The van der Waals surface area contributed by atoms with Gasteiger partial charge in [0.25, 0.3) is 5.91 Å². The summed E-state index contributed by atoms with van der Waals surface area (Å²) in [6.07, 6.45) is 9.03. The van der Waals surface area contributed by atoms with Crippen LogP contribution >= 0.6 is 23.2 Å². The van der Waals surface area contributed by atoms with Gasteiger partial charge < -0.3 is 9.84 Å². The van der Waals surface area contributed by atoms with Crippen LogP contribution in [0.4, 0.5) is 0 Å². The first-order valence-corrected chi connectivity index (χ1v) is 7.99. The number of hydrogen-bond acceptors (Lipinski definition) is 4. The molecule has 1 unspecified atom stereocenters. The van der Waals surface area contributed by atoms with Crippen molar-refractivity contribution in [2.75, 3.05) is 0 Å². The van der Waals surface area contributed by atoms with E-state index in [1.54, 1.807) is 0 Å². The fourth-order valence-electron chi connectivity index (χ4n) is 2.52. The van der Waals surface area contributed by atoms with E-state index in [1.165, 1.54) is 41.8 Å². The number of carbonyl (C=O) groups excluding carboxylic acids is 2. The highest BCUT2D eigenvalue weighted by Crippen LogP contribution is 2.33. The van der Waals surface area contributed by atoms with Crippen molar-refractivity contribution < 1.29 is 19.4 Å². The number of aromatic hydroxyl groups is 1. The smallest absolute Gasteiger partial charge is 0.262 e. The molecule has 0 spiro atoms. The minimum absolute atomic E-state index is 0.0140. The molecule has 1 N–H and O–H groups in total. The van der Waals surface area contributed by atoms with Crippen LogP contribution in [-0.4, -0.2) is 21.7 Å². The lowest BCUT2D eigenvalue weighted by Gasteiger charge is -2.25. The van der Waals surface area contributed by atoms with Gasteiger partial charge in [-0.1, -0.05) is 29.3 Å². The fourth-order valence-corrected chi connectivity index (χ4v) is 3.01. The van der Waals surface area contributed by atoms with Gasteiger partial charge in [0.05, 0.1) is 22.2 Å². The van der Waals surface area contributed by atoms with E-state index in [4.69, 9.17) is 27.9 Å². The highest BCUT2D eigenvalue weighted by Gasteiger charge is 2.27. The topological polar surface area (TPSA) is 66.8 Å². The minimum Gasteiger partial charge on any atom is -0.505 e. The minimum atomic E-state index is -0.408. The van der Waals surface area contributed by atoms with Crippen LogP contribution in [0, 0.1) is 5.92 Å². The van der Waals surface area contributed by atoms with Crippen LogP contribution in [0.3, 0.4) is 0 Å². The van der Waals surface area contributed by atoms with E-state index in [-0.39, 0.29) is 27.1 Å². The van der Waals surface area contributed by atoms with Gasteiger partial charge in [0.1, 0.15) is 12.0 Å². The Morgan fingerprint density at radius 2 is 2.00 bits per heavy atom. The largest absolute Gasteiger partial charge is 0.505 e. The molecule has 5 nitrogen and oxygen atoms in total. The molecule has 1 atom stereocenters. The SMILES string of the molecule is O=C1C=CCCC1C1=CN(C(=O)c2cc(Cl)c(O)c(Cl)c2)C=CO1. The number of allylic oxidation sites excluding steroid dienone is 3. The number of rotatable bonds is 2. The van der Waals surface area contributed by atoms with Gasteiger partial charge in [0.15, 0.2) is 11.5 Å². The fraction of sp³-hybridized carbons (Fsp3) is 0.176. The predicted octanol–water partition coefficient (Wildman–Crippen LogP) is 4.02. The highest BCUT2D eigenvalue weighted by atomic mass is 35.5. The van der Waals surface area contributed by atoms with Crippen molar-refractivity contribution >= 4 is 34.9 Å². The van der Waals surface area contributed by atoms with E-state index < -0.39 is 11.8 Å². The van der Waals surface area contributed by atoms with E-state index in [0.717, 1.165) is 6.42 Å². The van der Waals surface area contributed by atoms with Crippen LogP contribution in [0.15, 0.2) is 48.7 Å². The average molecular weight is 366 g/mol. The average Bonchev–Trinajstić information content (AvgIpc) is 2.59. The summed E-state index contributed by atoms with van der Waals surface area (Å²) in [5.74, 6) is -0.720. The molecule has 0 bridgehead atoms. The summed E-state index contributed by atoms with van der Waals surface area (Å²) in [4.78, 5) is 25.9. The van der Waals surface area contributed by atoms with Gasteiger partial charge in [-0.25, -0.2) is 0 Å². The Hall–Kier alpha value is -2.24. The highest BCUT2D eigenvalue weighted by molar-refractivity contribution is 6.37. The number of ether oxygens (including phenoxy) is 1. The predicted molar refractivity (Wildman–Crippen MR) is 89.5 cm³/mol. The molecule has 1 amide bonds. The number of benzene rings is 1. The lowest BCUT2D eigenvalue weighted by atomic mass is 9.91. The number of phenols is 1. The van der Waals surface area contributed by atoms with Crippen molar-refractivity contribution in [1.29, 1.82) is 0 Å². The molecule has 1 aromatic rings. The Labute approximate surface area is 148 Å². The number of ketones is 1. The molecular formula is C17H13Cl2NO4. The lowest BCUT2D eigenvalue weighted by molar-refractivity contribution is -0.118. The summed E-state index contributed by atoms with van der Waals surface area (Å²) in [5, 5.41) is 9.56. The summed E-state index contributed by atoms with van der Waals surface area (Å²) in [5.41, 5.74) is 0.208. The molecule has 0 saturated carbocycles. The number of carbonyl (C=O) groups is 2. The van der Waals surface area contributed by atoms with Crippen molar-refractivity contribution in [3.63, 3.8) is 0 Å². The Morgan fingerprint density at radius 3 is 2.67 bits per heavy atom. The maximum Gasteiger partial charge on any atom is 0.262 e. The third-order valence-corrected chi connectivity index (χ3v) is 4.36. The number of phenolic OH excluding ortho intramolecular Hbond substituents is 1. The number of nitrogens with zero attached hydrogens (tertiary/aromatic N) is 1. The zero-order chi connectivity index (χ0) is 17.3. The second kappa shape index (κ2) is 6.71. The number of hydrogen-bond donors (Lipinski definition) is 1. The van der Waals surface area contributed by atoms with Gasteiger partial charge >= 0.3 is 0 Å². The van der Waals surface area contributed by atoms with Crippen molar-refractivity contribution in [3.8, 4) is 5.75 Å². The standard InChI is InChI=1S/C17H13Cl2NO4/c18-12-7-10(8-13(19)16(12)22)17(23)20-5-6-24-15(9-20)11-3-1-2-4-14(11)21/h2,4-9,11,22H,1,3H2. The first-order chi connectivity index (χ1) is 11.5. The molecule has 3 rings (SSSR count). The molecule has 124 valence electrons. The Bertz CT molecular complexity index is 775. The van der Waals surface area contributed by atoms with E-state index in [2.05, 4.69) is 0 Å². The molecule has 1 aliphatic carbocycles. The maximum absolute atomic E-state index is 12.6. The van der Waals surface area contributed by atoms with Crippen LogP contribution in [0.5, 0.6) is 5.75 Å². The van der Waals surface area contributed by atoms with Gasteiger partial charge in [-0.2, -0.15) is 0 Å². The molecule has 0 fully saturated rings. The van der Waals surface area contributed by atoms with Crippen molar-refractivity contribution in [3.05, 3.63) is 64.3 Å². The third-order valence-electron chi connectivity index (χ3n) is 3.78. The second-order valence-corrected chi connectivity index (χ2v) is 6.18. The van der Waals surface area contributed by atoms with Gasteiger partial charge in [-0.15, -0.1) is 0 Å². The Kier molecular flexibility index (Phi) is 4.64. The lowest BCUT2D eigenvalue weighted by Crippen LogP contribution is -2.27.